The van der Waals surface area contributed by atoms with Crippen molar-refractivity contribution < 1.29 is 17.9 Å². The Balaban J connectivity index is 1.88. The lowest BCUT2D eigenvalue weighted by Gasteiger charge is -2.20. The average molecular weight is 468 g/mol. The van der Waals surface area contributed by atoms with Crippen molar-refractivity contribution in [3.63, 3.8) is 0 Å². The van der Waals surface area contributed by atoms with Gasteiger partial charge in [0.1, 0.15) is 9.84 Å². The van der Waals surface area contributed by atoms with Crippen molar-refractivity contribution in [3.05, 3.63) is 76.8 Å². The molecule has 1 unspecified atom stereocenters. The van der Waals surface area contributed by atoms with Crippen LogP contribution in [0.1, 0.15) is 18.5 Å². The van der Waals surface area contributed by atoms with E-state index in [9.17, 15) is 13.2 Å². The first-order valence-corrected chi connectivity index (χ1v) is 12.5. The number of benzene rings is 2. The molecular weight excluding hydrogens is 442 g/mol. The van der Waals surface area contributed by atoms with Crippen molar-refractivity contribution in [1.29, 1.82) is 0 Å². The van der Waals surface area contributed by atoms with Gasteiger partial charge < -0.3 is 14.5 Å². The normalized spacial score (nSPS) is 12.6. The van der Waals surface area contributed by atoms with Crippen LogP contribution in [-0.2, 0) is 9.84 Å². The van der Waals surface area contributed by atoms with Crippen molar-refractivity contribution in [1.82, 2.24) is 14.5 Å². The monoisotopic (exact) mass is 467 g/mol. The second-order valence-corrected chi connectivity index (χ2v) is 9.90. The molecule has 2 aromatic heterocycles. The van der Waals surface area contributed by atoms with Crippen LogP contribution < -0.4 is 15.2 Å². The fourth-order valence-corrected chi connectivity index (χ4v) is 4.78. The number of methoxy groups -OCH3 is 1. The molecule has 0 aliphatic heterocycles. The second kappa shape index (κ2) is 9.11. The summed E-state index contributed by atoms with van der Waals surface area (Å²) in [5.41, 5.74) is 2.87. The van der Waals surface area contributed by atoms with E-state index in [4.69, 9.17) is 9.47 Å². The van der Waals surface area contributed by atoms with Gasteiger partial charge in [-0.05, 0) is 36.2 Å². The number of sulfone groups is 1. The molecule has 0 saturated heterocycles. The maximum atomic E-state index is 13.0. The molecule has 8 nitrogen and oxygen atoms in total. The number of ether oxygens (including phenoxy) is 2. The molecule has 1 N–H and O–H groups in total. The summed E-state index contributed by atoms with van der Waals surface area (Å²) in [7, 11) is -1.92. The Bertz CT molecular complexity index is 1440. The first-order valence-electron chi connectivity index (χ1n) is 10.4. The van der Waals surface area contributed by atoms with E-state index in [1.54, 1.807) is 24.4 Å². The van der Waals surface area contributed by atoms with Crippen LogP contribution in [-0.4, -0.2) is 48.7 Å². The Morgan fingerprint density at radius 3 is 2.48 bits per heavy atom. The predicted molar refractivity (Wildman–Crippen MR) is 128 cm³/mol. The minimum absolute atomic E-state index is 0.278. The average Bonchev–Trinajstić information content (AvgIpc) is 3.12. The summed E-state index contributed by atoms with van der Waals surface area (Å²) in [5.74, 6) is 0.721. The molecule has 4 rings (SSSR count). The zero-order valence-electron chi connectivity index (χ0n) is 18.6. The van der Waals surface area contributed by atoms with Crippen LogP contribution in [0.3, 0.4) is 0 Å². The van der Waals surface area contributed by atoms with Crippen LogP contribution in [0.4, 0.5) is 0 Å². The van der Waals surface area contributed by atoms with Crippen molar-refractivity contribution in [2.75, 3.05) is 25.7 Å². The number of fused-ring (bicyclic) bond motifs is 1. The molecule has 2 heterocycles. The number of hydrogen-bond donors (Lipinski definition) is 1. The molecule has 0 spiro atoms. The molecule has 0 radical (unpaired) electrons. The number of pyridine rings is 1. The van der Waals surface area contributed by atoms with Crippen LogP contribution in [0.25, 0.3) is 22.3 Å². The van der Waals surface area contributed by atoms with Crippen LogP contribution in [0.5, 0.6) is 11.5 Å². The third-order valence-corrected chi connectivity index (χ3v) is 6.23. The molecule has 0 aliphatic carbocycles. The van der Waals surface area contributed by atoms with Crippen LogP contribution in [0.2, 0.25) is 0 Å². The highest BCUT2D eigenvalue weighted by molar-refractivity contribution is 7.90. The van der Waals surface area contributed by atoms with E-state index in [-0.39, 0.29) is 5.75 Å². The quantitative estimate of drug-likeness (QED) is 0.426. The van der Waals surface area contributed by atoms with Gasteiger partial charge in [-0.3, -0.25) is 4.57 Å². The third-order valence-electron chi connectivity index (χ3n) is 5.31. The SMILES string of the molecule is CCOc1cc(C(CS(C)(=O)=O)n2c(=O)[nH]c3cc(-c4ccccc4)cnc32)ccc1OC. The standard InChI is InChI=1S/C24H25N3O5S/c1-4-32-22-13-17(10-11-21(22)31-2)20(15-33(3,29)30)27-23-19(26-24(27)28)12-18(14-25-23)16-8-6-5-7-9-16/h5-14,20H,4,15H2,1-3H3,(H,26,28). The zero-order valence-corrected chi connectivity index (χ0v) is 19.4. The lowest BCUT2D eigenvalue weighted by Crippen LogP contribution is -2.28. The van der Waals surface area contributed by atoms with Gasteiger partial charge in [0.25, 0.3) is 0 Å². The molecule has 4 aromatic rings. The minimum atomic E-state index is -3.45. The van der Waals surface area contributed by atoms with Crippen molar-refractivity contribution >= 4 is 21.0 Å². The molecule has 0 fully saturated rings. The third kappa shape index (κ3) is 4.78. The number of nitrogens with one attached hydrogen (secondary N) is 1. The number of aromatic nitrogens is 3. The smallest absolute Gasteiger partial charge is 0.328 e. The first kappa shape index (κ1) is 22.6. The van der Waals surface area contributed by atoms with Gasteiger partial charge >= 0.3 is 5.69 Å². The molecule has 0 saturated carbocycles. The minimum Gasteiger partial charge on any atom is -0.493 e. The molecule has 33 heavy (non-hydrogen) atoms. The lowest BCUT2D eigenvalue weighted by atomic mass is 10.1. The Hall–Kier alpha value is -3.59. The molecule has 9 heteroatoms. The topological polar surface area (TPSA) is 103 Å². The number of nitrogens with zero attached hydrogens (tertiary/aromatic N) is 2. The van der Waals surface area contributed by atoms with Gasteiger partial charge in [0.2, 0.25) is 0 Å². The van der Waals surface area contributed by atoms with Gasteiger partial charge in [0.15, 0.2) is 17.1 Å². The van der Waals surface area contributed by atoms with Crippen molar-refractivity contribution in [2.45, 2.75) is 13.0 Å². The molecular formula is C24H25N3O5S. The van der Waals surface area contributed by atoms with Gasteiger partial charge in [-0.2, -0.15) is 0 Å². The predicted octanol–water partition coefficient (Wildman–Crippen LogP) is 3.43. The highest BCUT2D eigenvalue weighted by atomic mass is 32.2. The van der Waals surface area contributed by atoms with Gasteiger partial charge in [0.05, 0.1) is 31.0 Å². The lowest BCUT2D eigenvalue weighted by molar-refractivity contribution is 0.310. The van der Waals surface area contributed by atoms with E-state index in [2.05, 4.69) is 9.97 Å². The highest BCUT2D eigenvalue weighted by Crippen LogP contribution is 2.33. The number of hydrogen-bond acceptors (Lipinski definition) is 6. The molecule has 0 amide bonds. The Labute approximate surface area is 191 Å². The number of aromatic amines is 1. The summed E-state index contributed by atoms with van der Waals surface area (Å²) >= 11 is 0. The van der Waals surface area contributed by atoms with Crippen molar-refractivity contribution in [3.8, 4) is 22.6 Å². The summed E-state index contributed by atoms with van der Waals surface area (Å²) in [6.07, 6.45) is 2.83. The van der Waals surface area contributed by atoms with Gasteiger partial charge in [0, 0.05) is 18.0 Å². The van der Waals surface area contributed by atoms with Gasteiger partial charge in [-0.1, -0.05) is 36.4 Å². The second-order valence-electron chi connectivity index (χ2n) is 7.71. The fraction of sp³-hybridized carbons (Fsp3) is 0.250. The van der Waals surface area contributed by atoms with Crippen molar-refractivity contribution in [2.24, 2.45) is 0 Å². The van der Waals surface area contributed by atoms with E-state index >= 15 is 0 Å². The highest BCUT2D eigenvalue weighted by Gasteiger charge is 2.25. The zero-order chi connectivity index (χ0) is 23.6. The Kier molecular flexibility index (Phi) is 6.24. The first-order chi connectivity index (χ1) is 15.8. The number of imidazole rings is 1. The largest absolute Gasteiger partial charge is 0.493 e. The van der Waals surface area contributed by atoms with E-state index in [1.165, 1.54) is 11.7 Å². The summed E-state index contributed by atoms with van der Waals surface area (Å²) < 4.78 is 37.1. The summed E-state index contributed by atoms with van der Waals surface area (Å²) in [6.45, 7) is 2.26. The maximum Gasteiger partial charge on any atom is 0.328 e. The number of H-pyrrole nitrogens is 1. The molecule has 0 aliphatic rings. The summed E-state index contributed by atoms with van der Waals surface area (Å²) in [6, 6.07) is 15.9. The van der Waals surface area contributed by atoms with E-state index < -0.39 is 21.6 Å². The molecule has 2 aromatic carbocycles. The maximum absolute atomic E-state index is 13.0. The summed E-state index contributed by atoms with van der Waals surface area (Å²) in [4.78, 5) is 20.4. The van der Waals surface area contributed by atoms with E-state index in [0.29, 0.717) is 34.8 Å². The van der Waals surface area contributed by atoms with E-state index in [0.717, 1.165) is 17.4 Å². The van der Waals surface area contributed by atoms with Gasteiger partial charge in [-0.15, -0.1) is 0 Å². The van der Waals surface area contributed by atoms with E-state index in [1.807, 2.05) is 43.3 Å². The Morgan fingerprint density at radius 1 is 1.06 bits per heavy atom. The van der Waals surface area contributed by atoms with Crippen LogP contribution in [0, 0.1) is 0 Å². The Morgan fingerprint density at radius 2 is 1.82 bits per heavy atom. The van der Waals surface area contributed by atoms with Crippen LogP contribution in [0.15, 0.2) is 65.6 Å². The van der Waals surface area contributed by atoms with Crippen LogP contribution >= 0.6 is 0 Å². The molecule has 1 atom stereocenters. The number of rotatable bonds is 8. The van der Waals surface area contributed by atoms with Gasteiger partial charge in [-0.25, -0.2) is 18.2 Å². The fourth-order valence-electron chi connectivity index (χ4n) is 3.87. The molecule has 172 valence electrons. The summed E-state index contributed by atoms with van der Waals surface area (Å²) in [5, 5.41) is 0. The molecule has 0 bridgehead atoms.